The summed E-state index contributed by atoms with van der Waals surface area (Å²) < 4.78 is 20.5. The second-order valence-corrected chi connectivity index (χ2v) is 8.57. The first-order chi connectivity index (χ1) is 16.3. The number of benzene rings is 2. The van der Waals surface area contributed by atoms with Gasteiger partial charge in [-0.3, -0.25) is 25.1 Å². The largest absolute Gasteiger partial charge is 0.481 e. The van der Waals surface area contributed by atoms with Gasteiger partial charge in [-0.15, -0.1) is 11.3 Å². The van der Waals surface area contributed by atoms with Gasteiger partial charge in [-0.05, 0) is 61.9 Å². The minimum atomic E-state index is -0.873. The van der Waals surface area contributed by atoms with Gasteiger partial charge in [0.1, 0.15) is 16.4 Å². The highest BCUT2D eigenvalue weighted by atomic mass is 32.1. The fourth-order valence-electron chi connectivity index (χ4n) is 3.24. The average molecular weight is 478 g/mol. The van der Waals surface area contributed by atoms with Crippen molar-refractivity contribution in [1.82, 2.24) is 20.6 Å². The quantitative estimate of drug-likeness (QED) is 0.412. The Morgan fingerprint density at radius 2 is 1.88 bits per heavy atom. The summed E-state index contributed by atoms with van der Waals surface area (Å²) in [6, 6.07) is 16.3. The van der Waals surface area contributed by atoms with E-state index in [1.54, 1.807) is 54.1 Å². The molecule has 34 heavy (non-hydrogen) atoms. The smallest absolute Gasteiger partial charge is 0.279 e. The van der Waals surface area contributed by atoms with Gasteiger partial charge in [-0.1, -0.05) is 12.1 Å². The molecule has 4 aromatic rings. The summed E-state index contributed by atoms with van der Waals surface area (Å²) >= 11 is 1.25. The third kappa shape index (κ3) is 5.05. The molecule has 0 radical (unpaired) electrons. The molecular formula is C24H20FN5O3S. The second-order valence-electron chi connectivity index (χ2n) is 7.54. The summed E-state index contributed by atoms with van der Waals surface area (Å²) in [4.78, 5) is 26.2. The number of nitrogens with one attached hydrogen (secondary N) is 2. The van der Waals surface area contributed by atoms with E-state index in [0.29, 0.717) is 22.7 Å². The van der Waals surface area contributed by atoms with Crippen molar-refractivity contribution in [3.63, 3.8) is 0 Å². The summed E-state index contributed by atoms with van der Waals surface area (Å²) in [5.41, 5.74) is 6.90. The molecule has 0 saturated heterocycles. The highest BCUT2D eigenvalue weighted by Crippen LogP contribution is 2.28. The van der Waals surface area contributed by atoms with E-state index in [1.807, 2.05) is 13.0 Å². The van der Waals surface area contributed by atoms with Crippen LogP contribution in [0.15, 0.2) is 54.6 Å². The molecule has 0 spiro atoms. The normalized spacial score (nSPS) is 11.6. The monoisotopic (exact) mass is 477 g/mol. The van der Waals surface area contributed by atoms with E-state index in [4.69, 9.17) is 10.00 Å². The van der Waals surface area contributed by atoms with Crippen LogP contribution in [0.4, 0.5) is 4.39 Å². The Morgan fingerprint density at radius 3 is 2.56 bits per heavy atom. The van der Waals surface area contributed by atoms with Crippen LogP contribution < -0.4 is 15.6 Å². The number of carbonyl (C=O) groups excluding carboxylic acids is 2. The molecule has 172 valence electrons. The highest BCUT2D eigenvalue weighted by Gasteiger charge is 2.19. The Labute approximate surface area is 198 Å². The van der Waals surface area contributed by atoms with Crippen LogP contribution in [0.25, 0.3) is 10.2 Å². The SMILES string of the molecule is Cc1nn(Cc2ccc(F)cc2)c2sc(C(=O)NNC(=O)[C@@H](C)Oc3ccc(C#N)cc3)cc12. The number of nitrogens with zero attached hydrogens (tertiary/aromatic N) is 3. The predicted octanol–water partition coefficient (Wildman–Crippen LogP) is 3.69. The third-order valence-electron chi connectivity index (χ3n) is 5.04. The first kappa shape index (κ1) is 22.9. The van der Waals surface area contributed by atoms with Gasteiger partial charge in [0.05, 0.1) is 28.7 Å². The Bertz CT molecular complexity index is 1390. The molecule has 4 rings (SSSR count). The molecule has 0 unspecified atom stereocenters. The number of thiophene rings is 1. The number of nitriles is 1. The number of halogens is 1. The van der Waals surface area contributed by atoms with Crippen molar-refractivity contribution in [2.75, 3.05) is 0 Å². The lowest BCUT2D eigenvalue weighted by Gasteiger charge is -2.15. The van der Waals surface area contributed by atoms with Crippen molar-refractivity contribution in [2.45, 2.75) is 26.5 Å². The number of hydrazine groups is 1. The molecule has 1 atom stereocenters. The molecule has 2 aromatic carbocycles. The number of hydrogen-bond acceptors (Lipinski definition) is 6. The zero-order valence-corrected chi connectivity index (χ0v) is 19.1. The van der Waals surface area contributed by atoms with E-state index >= 15 is 0 Å². The van der Waals surface area contributed by atoms with Gasteiger partial charge in [0.15, 0.2) is 6.10 Å². The van der Waals surface area contributed by atoms with Crippen LogP contribution in [0.3, 0.4) is 0 Å². The van der Waals surface area contributed by atoms with Crippen molar-refractivity contribution < 1.29 is 18.7 Å². The number of aromatic nitrogens is 2. The van der Waals surface area contributed by atoms with Crippen molar-refractivity contribution in [1.29, 1.82) is 5.26 Å². The van der Waals surface area contributed by atoms with Crippen molar-refractivity contribution >= 4 is 33.4 Å². The fourth-order valence-corrected chi connectivity index (χ4v) is 4.30. The van der Waals surface area contributed by atoms with Gasteiger partial charge < -0.3 is 4.74 Å². The van der Waals surface area contributed by atoms with Gasteiger partial charge in [0.2, 0.25) is 0 Å². The number of ether oxygens (including phenoxy) is 1. The van der Waals surface area contributed by atoms with Gasteiger partial charge >= 0.3 is 0 Å². The van der Waals surface area contributed by atoms with E-state index in [-0.39, 0.29) is 5.82 Å². The van der Waals surface area contributed by atoms with Gasteiger partial charge in [-0.2, -0.15) is 10.4 Å². The maximum atomic E-state index is 13.2. The lowest BCUT2D eigenvalue weighted by atomic mass is 10.2. The number of hydrogen-bond donors (Lipinski definition) is 2. The van der Waals surface area contributed by atoms with Crippen LogP contribution in [-0.4, -0.2) is 27.7 Å². The van der Waals surface area contributed by atoms with Crippen LogP contribution in [0.5, 0.6) is 5.75 Å². The number of amides is 2. The lowest BCUT2D eigenvalue weighted by molar-refractivity contribution is -0.128. The maximum Gasteiger partial charge on any atom is 0.279 e. The molecule has 0 aliphatic carbocycles. The molecule has 0 fully saturated rings. The zero-order valence-electron chi connectivity index (χ0n) is 18.3. The third-order valence-corrected chi connectivity index (χ3v) is 6.19. The molecule has 0 aliphatic heterocycles. The van der Waals surface area contributed by atoms with Crippen LogP contribution in [-0.2, 0) is 11.3 Å². The average Bonchev–Trinajstić information content (AvgIpc) is 3.40. The highest BCUT2D eigenvalue weighted by molar-refractivity contribution is 7.20. The van der Waals surface area contributed by atoms with Crippen LogP contribution >= 0.6 is 11.3 Å². The number of aryl methyl sites for hydroxylation is 1. The summed E-state index contributed by atoms with van der Waals surface area (Å²) in [5.74, 6) is -0.872. The number of rotatable bonds is 6. The summed E-state index contributed by atoms with van der Waals surface area (Å²) in [6.45, 7) is 3.83. The Hall–Kier alpha value is -4.23. The molecule has 8 nitrogen and oxygen atoms in total. The standard InChI is InChI=1S/C24H20FN5O3S/c1-14-20-11-21(34-24(20)30(29-14)13-17-3-7-18(25)8-4-17)23(32)28-27-22(31)15(2)33-19-9-5-16(12-26)6-10-19/h3-11,15H,13H2,1-2H3,(H,27,31)(H,28,32)/t15-/m1/s1. The maximum absolute atomic E-state index is 13.2. The number of fused-ring (bicyclic) bond motifs is 1. The molecule has 2 heterocycles. The minimum Gasteiger partial charge on any atom is -0.481 e. The molecule has 0 bridgehead atoms. The van der Waals surface area contributed by atoms with E-state index in [2.05, 4.69) is 16.0 Å². The number of carbonyl (C=O) groups is 2. The molecule has 10 heteroatoms. The van der Waals surface area contributed by atoms with E-state index in [9.17, 15) is 14.0 Å². The fraction of sp³-hybridized carbons (Fsp3) is 0.167. The van der Waals surface area contributed by atoms with E-state index in [0.717, 1.165) is 21.5 Å². The molecule has 0 aliphatic rings. The zero-order chi connectivity index (χ0) is 24.2. The summed E-state index contributed by atoms with van der Waals surface area (Å²) in [5, 5.41) is 14.2. The van der Waals surface area contributed by atoms with Crippen molar-refractivity contribution in [3.8, 4) is 11.8 Å². The van der Waals surface area contributed by atoms with Gasteiger partial charge in [0, 0.05) is 5.39 Å². The molecule has 0 saturated carbocycles. The van der Waals surface area contributed by atoms with Gasteiger partial charge in [-0.25, -0.2) is 4.39 Å². The minimum absolute atomic E-state index is 0.306. The lowest BCUT2D eigenvalue weighted by Crippen LogP contribution is -2.47. The van der Waals surface area contributed by atoms with Crippen LogP contribution in [0.2, 0.25) is 0 Å². The molecule has 2 N–H and O–H groups in total. The van der Waals surface area contributed by atoms with E-state index in [1.165, 1.54) is 23.5 Å². The summed E-state index contributed by atoms with van der Waals surface area (Å²) in [6.07, 6.45) is -0.873. The summed E-state index contributed by atoms with van der Waals surface area (Å²) in [7, 11) is 0. The molecule has 2 amide bonds. The van der Waals surface area contributed by atoms with Crippen molar-refractivity contribution in [2.24, 2.45) is 0 Å². The van der Waals surface area contributed by atoms with E-state index < -0.39 is 17.9 Å². The predicted molar refractivity (Wildman–Crippen MR) is 125 cm³/mol. The van der Waals surface area contributed by atoms with Crippen LogP contribution in [0.1, 0.15) is 33.4 Å². The van der Waals surface area contributed by atoms with Crippen molar-refractivity contribution in [3.05, 3.63) is 82.1 Å². The Morgan fingerprint density at radius 1 is 1.18 bits per heavy atom. The topological polar surface area (TPSA) is 109 Å². The van der Waals surface area contributed by atoms with Gasteiger partial charge in [0.25, 0.3) is 11.8 Å². The Balaban J connectivity index is 1.39. The molecule has 2 aromatic heterocycles. The first-order valence-electron chi connectivity index (χ1n) is 10.3. The Kier molecular flexibility index (Phi) is 6.56. The second kappa shape index (κ2) is 9.72. The molecular weight excluding hydrogens is 457 g/mol. The van der Waals surface area contributed by atoms with Crippen LogP contribution in [0, 0.1) is 24.1 Å². The first-order valence-corrected chi connectivity index (χ1v) is 11.1.